The van der Waals surface area contributed by atoms with Gasteiger partial charge in [0.05, 0.1) is 36.5 Å². The largest absolute Gasteiger partial charge is 0.492 e. The summed E-state index contributed by atoms with van der Waals surface area (Å²) in [7, 11) is 2.79. The molecule has 2 aliphatic rings. The monoisotopic (exact) mass is 302 g/mol. The molecule has 1 aromatic heterocycles. The Balaban J connectivity index is 2.13. The van der Waals surface area contributed by atoms with Crippen LogP contribution < -0.4 is 18.9 Å². The molecule has 1 aromatic carbocycles. The quantitative estimate of drug-likeness (QED) is 0.713. The maximum Gasteiger partial charge on any atom is 0.231 e. The van der Waals surface area contributed by atoms with E-state index in [1.807, 2.05) is 0 Å². The van der Waals surface area contributed by atoms with Crippen LogP contribution in [-0.2, 0) is 0 Å². The van der Waals surface area contributed by atoms with Gasteiger partial charge in [-0.3, -0.25) is 9.59 Å². The summed E-state index contributed by atoms with van der Waals surface area (Å²) in [5.74, 6) is 0.0676. The average molecular weight is 302 g/mol. The van der Waals surface area contributed by atoms with Gasteiger partial charge in [0.15, 0.2) is 11.5 Å². The van der Waals surface area contributed by atoms with Crippen molar-refractivity contribution in [1.29, 1.82) is 0 Å². The molecule has 0 radical (unpaired) electrons. The third-order valence-corrected chi connectivity index (χ3v) is 3.74. The molecule has 0 spiro atoms. The van der Waals surface area contributed by atoms with E-state index in [1.165, 1.54) is 26.7 Å². The molecule has 2 aromatic rings. The molecule has 0 atom stereocenters. The summed E-state index contributed by atoms with van der Waals surface area (Å²) in [6.07, 6.45) is 2.49. The highest BCUT2D eigenvalue weighted by Gasteiger charge is 2.42. The normalized spacial score (nSPS) is 14.6. The van der Waals surface area contributed by atoms with Crippen molar-refractivity contribution in [1.82, 2.24) is 0 Å². The molecule has 0 bridgehead atoms. The number of hydrogen-bond donors (Lipinski definition) is 0. The molecule has 0 amide bonds. The Morgan fingerprint density at radius 3 is 1.73 bits per heavy atom. The van der Waals surface area contributed by atoms with Gasteiger partial charge in [-0.05, 0) is 0 Å². The van der Waals surface area contributed by atoms with E-state index < -0.39 is 0 Å². The minimum Gasteiger partial charge on any atom is -0.492 e. The number of carbonyl (C=O) groups is 2. The number of carbonyl (C=O) groups excluding carboxylic acids is 2. The molecule has 112 valence electrons. The Labute approximate surface area is 124 Å². The van der Waals surface area contributed by atoms with E-state index in [9.17, 15) is 9.59 Å². The van der Waals surface area contributed by atoms with Crippen LogP contribution in [0.3, 0.4) is 0 Å². The van der Waals surface area contributed by atoms with E-state index in [4.69, 9.17) is 23.4 Å². The molecule has 0 saturated heterocycles. The maximum absolute atomic E-state index is 12.7. The van der Waals surface area contributed by atoms with Crippen LogP contribution in [0.1, 0.15) is 31.8 Å². The Bertz CT molecular complexity index is 765. The van der Waals surface area contributed by atoms with E-state index in [0.717, 1.165) is 0 Å². The zero-order valence-electron chi connectivity index (χ0n) is 11.7. The highest BCUT2D eigenvalue weighted by atomic mass is 16.7. The van der Waals surface area contributed by atoms with Crippen LogP contribution in [0.15, 0.2) is 16.9 Å². The van der Waals surface area contributed by atoms with E-state index in [1.54, 1.807) is 0 Å². The van der Waals surface area contributed by atoms with Gasteiger partial charge in [-0.1, -0.05) is 0 Å². The molecular weight excluding hydrogens is 292 g/mol. The van der Waals surface area contributed by atoms with Crippen LogP contribution in [0.5, 0.6) is 23.0 Å². The zero-order valence-corrected chi connectivity index (χ0v) is 11.7. The van der Waals surface area contributed by atoms with Crippen molar-refractivity contribution in [3.05, 3.63) is 34.8 Å². The Kier molecular flexibility index (Phi) is 2.47. The van der Waals surface area contributed by atoms with Crippen molar-refractivity contribution in [2.45, 2.75) is 0 Å². The predicted molar refractivity (Wildman–Crippen MR) is 71.2 cm³/mol. The molecule has 7 nitrogen and oxygen atoms in total. The molecule has 4 rings (SSSR count). The smallest absolute Gasteiger partial charge is 0.231 e. The van der Waals surface area contributed by atoms with Gasteiger partial charge in [0, 0.05) is 0 Å². The van der Waals surface area contributed by atoms with Gasteiger partial charge >= 0.3 is 0 Å². The molecule has 1 aliphatic heterocycles. The number of ether oxygens (including phenoxy) is 4. The lowest BCUT2D eigenvalue weighted by Crippen LogP contribution is -2.21. The minimum atomic E-state index is -0.383. The summed E-state index contributed by atoms with van der Waals surface area (Å²) in [5.41, 5.74) is 0.582. The van der Waals surface area contributed by atoms with Crippen LogP contribution >= 0.6 is 0 Å². The van der Waals surface area contributed by atoms with E-state index in [-0.39, 0.29) is 63.6 Å². The second kappa shape index (κ2) is 4.27. The second-order valence-electron chi connectivity index (χ2n) is 4.74. The van der Waals surface area contributed by atoms with Crippen LogP contribution in [0, 0.1) is 0 Å². The van der Waals surface area contributed by atoms with Gasteiger partial charge in [0.1, 0.15) is 12.5 Å². The Hall–Kier alpha value is -2.96. The molecular formula is C15H10O7. The zero-order chi connectivity index (χ0) is 15.4. The van der Waals surface area contributed by atoms with Crippen molar-refractivity contribution < 1.29 is 33.0 Å². The summed E-state index contributed by atoms with van der Waals surface area (Å²) in [5, 5.41) is 0. The lowest BCUT2D eigenvalue weighted by Gasteiger charge is -2.20. The van der Waals surface area contributed by atoms with Crippen LogP contribution in [0.4, 0.5) is 0 Å². The first-order chi connectivity index (χ1) is 10.7. The number of rotatable bonds is 2. The minimum absolute atomic E-state index is 0.0398. The van der Waals surface area contributed by atoms with Crippen LogP contribution in [0.2, 0.25) is 0 Å². The highest BCUT2D eigenvalue weighted by molar-refractivity contribution is 6.30. The first kappa shape index (κ1) is 12.8. The van der Waals surface area contributed by atoms with E-state index in [0.29, 0.717) is 0 Å². The van der Waals surface area contributed by atoms with E-state index in [2.05, 4.69) is 0 Å². The first-order valence-electron chi connectivity index (χ1n) is 6.42. The second-order valence-corrected chi connectivity index (χ2v) is 4.74. The van der Waals surface area contributed by atoms with Gasteiger partial charge in [-0.15, -0.1) is 0 Å². The summed E-state index contributed by atoms with van der Waals surface area (Å²) >= 11 is 0. The van der Waals surface area contributed by atoms with Crippen LogP contribution in [-0.4, -0.2) is 32.6 Å². The summed E-state index contributed by atoms with van der Waals surface area (Å²) in [6, 6.07) is 0. The topological polar surface area (TPSA) is 84.2 Å². The molecule has 0 unspecified atom stereocenters. The molecule has 1 aliphatic carbocycles. The molecule has 0 N–H and O–H groups in total. The van der Waals surface area contributed by atoms with Gasteiger partial charge in [0.25, 0.3) is 0 Å². The fourth-order valence-electron chi connectivity index (χ4n) is 2.81. The van der Waals surface area contributed by atoms with Crippen molar-refractivity contribution >= 4 is 11.6 Å². The third kappa shape index (κ3) is 1.35. The van der Waals surface area contributed by atoms with Crippen molar-refractivity contribution in [2.24, 2.45) is 0 Å². The average Bonchev–Trinajstić information content (AvgIpc) is 3.19. The number of furan rings is 1. The number of fused-ring (bicyclic) bond motifs is 3. The first-order valence-corrected chi connectivity index (χ1v) is 6.42. The number of methoxy groups -OCH3 is 2. The molecule has 0 saturated carbocycles. The SMILES string of the molecule is COc1c2c(c(OC)c3c1C(=O)c1cocc1C3=O)OCO2. The van der Waals surface area contributed by atoms with Crippen molar-refractivity contribution in [3.63, 3.8) is 0 Å². The lowest BCUT2D eigenvalue weighted by atomic mass is 9.84. The Morgan fingerprint density at radius 2 is 1.32 bits per heavy atom. The summed E-state index contributed by atoms with van der Waals surface area (Å²) in [6.45, 7) is -0.0398. The molecule has 2 heterocycles. The summed E-state index contributed by atoms with van der Waals surface area (Å²) < 4.78 is 26.3. The highest BCUT2D eigenvalue weighted by Crippen LogP contribution is 2.54. The molecule has 0 fully saturated rings. The van der Waals surface area contributed by atoms with Gasteiger partial charge in [-0.2, -0.15) is 0 Å². The number of ketones is 2. The number of hydrogen-bond acceptors (Lipinski definition) is 7. The lowest BCUT2D eigenvalue weighted by molar-refractivity contribution is 0.0974. The van der Waals surface area contributed by atoms with Gasteiger partial charge in [0.2, 0.25) is 29.9 Å². The van der Waals surface area contributed by atoms with Gasteiger partial charge < -0.3 is 23.4 Å². The van der Waals surface area contributed by atoms with E-state index >= 15 is 0 Å². The fourth-order valence-corrected chi connectivity index (χ4v) is 2.81. The third-order valence-electron chi connectivity index (χ3n) is 3.74. The standard InChI is InChI=1S/C15H10O7/c1-18-12-8-9(13(19-2)15-14(12)21-5-22-15)11(17)7-4-20-3-6(7)10(8)16/h3-4H,5H2,1-2H3. The molecule has 22 heavy (non-hydrogen) atoms. The van der Waals surface area contributed by atoms with Crippen molar-refractivity contribution in [2.75, 3.05) is 21.0 Å². The van der Waals surface area contributed by atoms with Crippen LogP contribution in [0.25, 0.3) is 0 Å². The van der Waals surface area contributed by atoms with Crippen molar-refractivity contribution in [3.8, 4) is 23.0 Å². The maximum atomic E-state index is 12.7. The predicted octanol–water partition coefficient (Wildman–Crippen LogP) is 1.80. The Morgan fingerprint density at radius 1 is 0.864 bits per heavy atom. The van der Waals surface area contributed by atoms with Gasteiger partial charge in [-0.25, -0.2) is 0 Å². The fraction of sp³-hybridized carbons (Fsp3) is 0.200. The number of benzene rings is 1. The molecule has 7 heteroatoms. The summed E-state index contributed by atoms with van der Waals surface area (Å²) in [4.78, 5) is 25.4.